The van der Waals surface area contributed by atoms with E-state index in [-0.39, 0.29) is 35.6 Å². The molecule has 5 heteroatoms. The van der Waals surface area contributed by atoms with E-state index < -0.39 is 0 Å². The number of aromatic amines is 1. The fourth-order valence-electron chi connectivity index (χ4n) is 2.61. The maximum Gasteiger partial charge on any atom is 0.260 e. The van der Waals surface area contributed by atoms with Crippen molar-refractivity contribution in [3.63, 3.8) is 0 Å². The Kier molecular flexibility index (Phi) is 4.37. The zero-order valence-electron chi connectivity index (χ0n) is 11.1. The minimum absolute atomic E-state index is 0.0352. The van der Waals surface area contributed by atoms with Crippen LogP contribution in [0.1, 0.15) is 41.7 Å². The molecule has 1 heterocycles. The topological polar surface area (TPSA) is 82.2 Å². The smallest absolute Gasteiger partial charge is 0.260 e. The molecule has 1 aliphatic carbocycles. The molecule has 2 rings (SSSR count). The second-order valence-electron chi connectivity index (χ2n) is 5.19. The number of rotatable bonds is 3. The third kappa shape index (κ3) is 3.23. The van der Waals surface area contributed by atoms with Crippen molar-refractivity contribution in [1.29, 1.82) is 0 Å². The zero-order valence-corrected chi connectivity index (χ0v) is 11.1. The van der Waals surface area contributed by atoms with Crippen molar-refractivity contribution < 1.29 is 9.90 Å². The second kappa shape index (κ2) is 6.02. The summed E-state index contributed by atoms with van der Waals surface area (Å²) in [6.45, 7) is 1.85. The Balaban J connectivity index is 2.09. The Morgan fingerprint density at radius 2 is 2.16 bits per heavy atom. The van der Waals surface area contributed by atoms with Crippen LogP contribution in [0.15, 0.2) is 16.9 Å². The first kappa shape index (κ1) is 13.8. The van der Waals surface area contributed by atoms with Gasteiger partial charge in [-0.3, -0.25) is 9.59 Å². The number of aromatic nitrogens is 1. The van der Waals surface area contributed by atoms with Gasteiger partial charge in [-0.05, 0) is 31.9 Å². The lowest BCUT2D eigenvalue weighted by atomic mass is 9.85. The first-order valence-electron chi connectivity index (χ1n) is 6.73. The summed E-state index contributed by atoms with van der Waals surface area (Å²) in [6.07, 6.45) is 3.92. The minimum atomic E-state index is -0.367. The van der Waals surface area contributed by atoms with Crippen molar-refractivity contribution in [2.45, 2.75) is 38.6 Å². The Labute approximate surface area is 112 Å². The molecule has 3 N–H and O–H groups in total. The summed E-state index contributed by atoms with van der Waals surface area (Å²) < 4.78 is 0. The third-order valence-electron chi connectivity index (χ3n) is 3.76. The number of pyridine rings is 1. The normalized spacial score (nSPS) is 23.1. The highest BCUT2D eigenvalue weighted by Crippen LogP contribution is 2.24. The van der Waals surface area contributed by atoms with E-state index in [0.717, 1.165) is 31.4 Å². The maximum absolute atomic E-state index is 12.1. The molecule has 1 fully saturated rings. The highest BCUT2D eigenvalue weighted by atomic mass is 16.3. The van der Waals surface area contributed by atoms with E-state index in [2.05, 4.69) is 10.3 Å². The van der Waals surface area contributed by atoms with Crippen molar-refractivity contribution in [3.05, 3.63) is 33.7 Å². The van der Waals surface area contributed by atoms with Gasteiger partial charge in [0.15, 0.2) is 0 Å². The van der Waals surface area contributed by atoms with Gasteiger partial charge in [-0.2, -0.15) is 0 Å². The van der Waals surface area contributed by atoms with E-state index in [0.29, 0.717) is 0 Å². The van der Waals surface area contributed by atoms with Crippen molar-refractivity contribution >= 4 is 5.91 Å². The van der Waals surface area contributed by atoms with Gasteiger partial charge in [-0.15, -0.1) is 0 Å². The molecule has 2 atom stereocenters. The van der Waals surface area contributed by atoms with E-state index >= 15 is 0 Å². The molecular formula is C14H20N2O3. The molecular weight excluding hydrogens is 244 g/mol. The van der Waals surface area contributed by atoms with E-state index in [1.807, 2.05) is 0 Å². The maximum atomic E-state index is 12.1. The standard InChI is InChI=1S/C14H20N2O3/c1-9-6-7-11(13(18)15-9)14(19)16-12-5-3-2-4-10(12)8-17/h6-7,10,12,17H,2-5,8H2,1H3,(H,15,18)(H,16,19). The molecule has 19 heavy (non-hydrogen) atoms. The molecule has 1 aliphatic rings. The Morgan fingerprint density at radius 3 is 2.84 bits per heavy atom. The van der Waals surface area contributed by atoms with Crippen LogP contribution in [-0.2, 0) is 0 Å². The number of aryl methyl sites for hydroxylation is 1. The highest BCUT2D eigenvalue weighted by Gasteiger charge is 2.26. The summed E-state index contributed by atoms with van der Waals surface area (Å²) in [5.74, 6) is -0.256. The summed E-state index contributed by atoms with van der Waals surface area (Å²) in [7, 11) is 0. The van der Waals surface area contributed by atoms with Crippen LogP contribution in [0.2, 0.25) is 0 Å². The lowest BCUT2D eigenvalue weighted by molar-refractivity contribution is 0.0871. The Bertz CT molecular complexity index is 510. The van der Waals surface area contributed by atoms with Crippen LogP contribution in [0, 0.1) is 12.8 Å². The van der Waals surface area contributed by atoms with Gasteiger partial charge in [0.25, 0.3) is 11.5 Å². The summed E-state index contributed by atoms with van der Waals surface area (Å²) >= 11 is 0. The molecule has 2 unspecified atom stereocenters. The van der Waals surface area contributed by atoms with Gasteiger partial charge in [-0.1, -0.05) is 12.8 Å². The molecule has 1 aromatic heterocycles. The molecule has 1 saturated carbocycles. The molecule has 1 amide bonds. The number of H-pyrrole nitrogens is 1. The summed E-state index contributed by atoms with van der Waals surface area (Å²) in [6, 6.07) is 3.22. The van der Waals surface area contributed by atoms with E-state index in [9.17, 15) is 14.7 Å². The van der Waals surface area contributed by atoms with Gasteiger partial charge in [0, 0.05) is 24.3 Å². The van der Waals surface area contributed by atoms with Crippen LogP contribution in [0.4, 0.5) is 0 Å². The molecule has 0 radical (unpaired) electrons. The predicted octanol–water partition coefficient (Wildman–Crippen LogP) is 0.964. The van der Waals surface area contributed by atoms with E-state index in [1.54, 1.807) is 19.1 Å². The SMILES string of the molecule is Cc1ccc(C(=O)NC2CCCCC2CO)c(=O)[nH]1. The summed E-state index contributed by atoms with van der Waals surface area (Å²) in [5, 5.41) is 12.2. The largest absolute Gasteiger partial charge is 0.396 e. The van der Waals surface area contributed by atoms with Gasteiger partial charge in [-0.25, -0.2) is 0 Å². The average Bonchev–Trinajstić information content (AvgIpc) is 2.39. The number of aliphatic hydroxyl groups excluding tert-OH is 1. The molecule has 0 saturated heterocycles. The molecule has 0 aromatic carbocycles. The Hall–Kier alpha value is -1.62. The Morgan fingerprint density at radius 1 is 1.42 bits per heavy atom. The highest BCUT2D eigenvalue weighted by molar-refractivity contribution is 5.94. The number of carbonyl (C=O) groups excluding carboxylic acids is 1. The van der Waals surface area contributed by atoms with Crippen LogP contribution in [0.25, 0.3) is 0 Å². The number of hydrogen-bond donors (Lipinski definition) is 3. The summed E-state index contributed by atoms with van der Waals surface area (Å²) in [4.78, 5) is 26.4. The van der Waals surface area contributed by atoms with Crippen molar-refractivity contribution in [1.82, 2.24) is 10.3 Å². The van der Waals surface area contributed by atoms with Crippen LogP contribution < -0.4 is 10.9 Å². The first-order chi connectivity index (χ1) is 9.11. The van der Waals surface area contributed by atoms with Gasteiger partial charge in [0.2, 0.25) is 0 Å². The summed E-state index contributed by atoms with van der Waals surface area (Å²) in [5.41, 5.74) is 0.495. The van der Waals surface area contributed by atoms with Crippen LogP contribution >= 0.6 is 0 Å². The third-order valence-corrected chi connectivity index (χ3v) is 3.76. The van der Waals surface area contributed by atoms with Crippen LogP contribution in [0.5, 0.6) is 0 Å². The molecule has 1 aromatic rings. The molecule has 0 spiro atoms. The van der Waals surface area contributed by atoms with E-state index in [4.69, 9.17) is 0 Å². The van der Waals surface area contributed by atoms with Gasteiger partial charge < -0.3 is 15.4 Å². The minimum Gasteiger partial charge on any atom is -0.396 e. The van der Waals surface area contributed by atoms with Crippen LogP contribution in [-0.4, -0.2) is 28.6 Å². The van der Waals surface area contributed by atoms with Gasteiger partial charge in [0.05, 0.1) is 0 Å². The lowest BCUT2D eigenvalue weighted by Crippen LogP contribution is -2.44. The number of hydrogen-bond acceptors (Lipinski definition) is 3. The number of nitrogens with one attached hydrogen (secondary N) is 2. The fraction of sp³-hybridized carbons (Fsp3) is 0.571. The molecule has 104 valence electrons. The van der Waals surface area contributed by atoms with E-state index in [1.165, 1.54) is 0 Å². The van der Waals surface area contributed by atoms with Crippen molar-refractivity contribution in [3.8, 4) is 0 Å². The zero-order chi connectivity index (χ0) is 13.8. The fourth-order valence-corrected chi connectivity index (χ4v) is 2.61. The van der Waals surface area contributed by atoms with Crippen molar-refractivity contribution in [2.75, 3.05) is 6.61 Å². The monoisotopic (exact) mass is 264 g/mol. The van der Waals surface area contributed by atoms with Gasteiger partial charge in [0.1, 0.15) is 5.56 Å². The van der Waals surface area contributed by atoms with Crippen LogP contribution in [0.3, 0.4) is 0 Å². The molecule has 0 bridgehead atoms. The number of carbonyl (C=O) groups is 1. The van der Waals surface area contributed by atoms with Gasteiger partial charge >= 0.3 is 0 Å². The molecule has 0 aliphatic heterocycles. The average molecular weight is 264 g/mol. The first-order valence-corrected chi connectivity index (χ1v) is 6.73. The second-order valence-corrected chi connectivity index (χ2v) is 5.19. The van der Waals surface area contributed by atoms with Crippen molar-refractivity contribution in [2.24, 2.45) is 5.92 Å². The number of aliphatic hydroxyl groups is 1. The lowest BCUT2D eigenvalue weighted by Gasteiger charge is -2.30. The quantitative estimate of drug-likeness (QED) is 0.760. The number of amides is 1. The molecule has 5 nitrogen and oxygen atoms in total. The predicted molar refractivity (Wildman–Crippen MR) is 72.1 cm³/mol.